The minimum atomic E-state index is 0.174. The van der Waals surface area contributed by atoms with Gasteiger partial charge in [-0.05, 0) is 99.7 Å². The van der Waals surface area contributed by atoms with Crippen molar-refractivity contribution in [1.82, 2.24) is 24.7 Å². The third kappa shape index (κ3) is 16.2. The first-order valence-corrected chi connectivity index (χ1v) is 25.4. The van der Waals surface area contributed by atoms with E-state index >= 15 is 0 Å². The normalized spacial score (nSPS) is 14.8. The second kappa shape index (κ2) is 29.9. The Hall–Kier alpha value is -5.72. The Morgan fingerprint density at radius 1 is 0.882 bits per heavy atom. The standard InChI is InChI=1S/C56H71N7O.2C2H6/c1-7-10-27-51(9-3)60(6)42-52-47(8-2)24-18-25-48(52)29-28-45-30-32-62(33-31-45)43(4)19-13-11-14-20-46-21-17-26-50(40-46)53-41-54(63-36-34-61(35-37-63)38-39-64)59-56(58-53)55(44(5)57)49-22-15-12-16-23-49;2*1-2/h7-9,12,15-18,21-26,40-41,45,51,64H,1-4,10-11,13-14,19-20,27,30-39,42,57H2,5-6H3;2*1-2H3/b55-44-;;. The van der Waals surface area contributed by atoms with Gasteiger partial charge in [0.25, 0.3) is 0 Å². The molecule has 1 unspecified atom stereocenters. The van der Waals surface area contributed by atoms with Crippen LogP contribution in [-0.4, -0.2) is 95.3 Å². The molecule has 3 heterocycles. The third-order valence-electron chi connectivity index (χ3n) is 12.9. The van der Waals surface area contributed by atoms with Gasteiger partial charge in [0.1, 0.15) is 5.82 Å². The molecule has 3 N–H and O–H groups in total. The highest BCUT2D eigenvalue weighted by Gasteiger charge is 2.23. The number of aliphatic hydroxyl groups excluding tert-OH is 1. The van der Waals surface area contributed by atoms with Crippen LogP contribution >= 0.6 is 0 Å². The zero-order valence-electron chi connectivity index (χ0n) is 42.7. The van der Waals surface area contributed by atoms with Crippen LogP contribution in [0, 0.1) is 17.8 Å². The molecule has 2 fully saturated rings. The van der Waals surface area contributed by atoms with Crippen LogP contribution in [-0.2, 0) is 13.0 Å². The zero-order chi connectivity index (χ0) is 49.3. The maximum atomic E-state index is 9.49. The maximum Gasteiger partial charge on any atom is 0.164 e. The molecule has 2 saturated heterocycles. The Morgan fingerprint density at radius 2 is 1.60 bits per heavy atom. The van der Waals surface area contributed by atoms with Crippen LogP contribution in [0.2, 0.25) is 0 Å². The molecule has 4 aromatic rings. The molecule has 8 heteroatoms. The molecule has 364 valence electrons. The second-order valence-corrected chi connectivity index (χ2v) is 17.4. The number of allylic oxidation sites excluding steroid dienone is 3. The Morgan fingerprint density at radius 3 is 2.26 bits per heavy atom. The number of aromatic nitrogens is 2. The Labute approximate surface area is 412 Å². The molecule has 2 aliphatic rings. The Kier molecular flexibility index (Phi) is 24.1. The smallest absolute Gasteiger partial charge is 0.164 e. The molecule has 8 nitrogen and oxygen atoms in total. The van der Waals surface area contributed by atoms with E-state index in [1.807, 2.05) is 71.0 Å². The van der Waals surface area contributed by atoms with E-state index < -0.39 is 0 Å². The summed E-state index contributed by atoms with van der Waals surface area (Å²) in [5.74, 6) is 9.17. The Bertz CT molecular complexity index is 2270. The molecule has 0 amide bonds. The van der Waals surface area contributed by atoms with Crippen LogP contribution in [0.1, 0.15) is 120 Å². The molecule has 6 rings (SSSR count). The van der Waals surface area contributed by atoms with Crippen molar-refractivity contribution in [2.75, 3.05) is 64.4 Å². The van der Waals surface area contributed by atoms with Crippen LogP contribution in [0.15, 0.2) is 129 Å². The topological polar surface area (TPSA) is 85.0 Å². The fourth-order valence-electron chi connectivity index (χ4n) is 9.00. The van der Waals surface area contributed by atoms with Crippen LogP contribution in [0.25, 0.3) is 22.9 Å². The minimum Gasteiger partial charge on any atom is -0.402 e. The molecule has 1 aromatic heterocycles. The average molecular weight is 918 g/mol. The van der Waals surface area contributed by atoms with Crippen LogP contribution in [0.3, 0.4) is 0 Å². The van der Waals surface area contributed by atoms with E-state index in [0.29, 0.717) is 24.0 Å². The molecule has 0 radical (unpaired) electrons. The number of unbranched alkanes of at least 4 members (excludes halogenated alkanes) is 2. The monoisotopic (exact) mass is 918 g/mol. The number of likely N-dealkylation sites (N-methyl/N-ethyl adjacent to an activating group) is 1. The number of aliphatic hydroxyl groups is 1. The maximum absolute atomic E-state index is 9.49. The highest BCUT2D eigenvalue weighted by molar-refractivity contribution is 5.80. The first kappa shape index (κ1) is 54.9. The number of hydrogen-bond acceptors (Lipinski definition) is 8. The Balaban J connectivity index is 0.00000245. The number of nitrogens with zero attached hydrogens (tertiary/aromatic N) is 6. The number of aryl methyl sites for hydroxylation is 1. The molecule has 0 spiro atoms. The van der Waals surface area contributed by atoms with Crippen molar-refractivity contribution in [3.05, 3.63) is 162 Å². The summed E-state index contributed by atoms with van der Waals surface area (Å²) in [7, 11) is 2.16. The van der Waals surface area contributed by atoms with Gasteiger partial charge in [-0.2, -0.15) is 0 Å². The molecule has 1 atom stereocenters. The van der Waals surface area contributed by atoms with Gasteiger partial charge in [-0.15, -0.1) is 13.2 Å². The van der Waals surface area contributed by atoms with E-state index in [2.05, 4.69) is 125 Å². The van der Waals surface area contributed by atoms with Crippen molar-refractivity contribution in [2.45, 2.75) is 105 Å². The third-order valence-corrected chi connectivity index (χ3v) is 12.9. The fraction of sp³-hybridized carbons (Fsp3) is 0.433. The summed E-state index contributed by atoms with van der Waals surface area (Å²) in [5.41, 5.74) is 17.1. The van der Waals surface area contributed by atoms with Crippen LogP contribution < -0.4 is 10.6 Å². The largest absolute Gasteiger partial charge is 0.402 e. The second-order valence-electron chi connectivity index (χ2n) is 17.4. The van der Waals surface area contributed by atoms with E-state index in [1.165, 1.54) is 16.8 Å². The number of likely N-dealkylation sites (tertiary alicyclic amines) is 1. The molecular weight excluding hydrogens is 835 g/mol. The number of rotatable bonds is 21. The molecule has 0 saturated carbocycles. The SMILES string of the molecule is C=CCCC(C=C)N(C)Cc1c(C#CC2CCN(C(=C)CCCCCc3cccc(-c4cc(N5CCN(CCO)CC5)nc(/C(=C(/C)N)c5ccccc5)n4)c3)CC2)cccc1C=C.CC.CC. The average Bonchev–Trinajstić information content (AvgIpc) is 3.38. The molecule has 0 aliphatic carbocycles. The van der Waals surface area contributed by atoms with E-state index in [-0.39, 0.29) is 12.6 Å². The van der Waals surface area contributed by atoms with Crippen molar-refractivity contribution in [2.24, 2.45) is 11.7 Å². The number of nitrogens with two attached hydrogens (primary N) is 1. The lowest BCUT2D eigenvalue weighted by Crippen LogP contribution is -2.47. The van der Waals surface area contributed by atoms with Crippen molar-refractivity contribution in [3.63, 3.8) is 0 Å². The van der Waals surface area contributed by atoms with Gasteiger partial charge in [0, 0.05) is 98.5 Å². The summed E-state index contributed by atoms with van der Waals surface area (Å²) in [5, 5.41) is 9.49. The van der Waals surface area contributed by atoms with Gasteiger partial charge < -0.3 is 20.6 Å². The van der Waals surface area contributed by atoms with Gasteiger partial charge in [0.15, 0.2) is 5.82 Å². The lowest BCUT2D eigenvalue weighted by Gasteiger charge is -2.35. The summed E-state index contributed by atoms with van der Waals surface area (Å²) >= 11 is 0. The summed E-state index contributed by atoms with van der Waals surface area (Å²) < 4.78 is 0. The first-order valence-electron chi connectivity index (χ1n) is 25.4. The first-order chi connectivity index (χ1) is 33.2. The van der Waals surface area contributed by atoms with E-state index in [9.17, 15) is 5.11 Å². The lowest BCUT2D eigenvalue weighted by molar-refractivity contribution is 0.188. The predicted molar refractivity (Wildman–Crippen MR) is 292 cm³/mol. The van der Waals surface area contributed by atoms with Gasteiger partial charge >= 0.3 is 0 Å². The molecule has 68 heavy (non-hydrogen) atoms. The van der Waals surface area contributed by atoms with Crippen LogP contribution in [0.5, 0.6) is 0 Å². The summed E-state index contributed by atoms with van der Waals surface area (Å²) in [6.45, 7) is 33.7. The number of hydrogen-bond donors (Lipinski definition) is 2. The molecule has 0 bridgehead atoms. The van der Waals surface area contributed by atoms with Gasteiger partial charge in [0.2, 0.25) is 0 Å². The predicted octanol–water partition coefficient (Wildman–Crippen LogP) is 12.0. The van der Waals surface area contributed by atoms with Gasteiger partial charge in [-0.1, -0.05) is 138 Å². The number of piperidine rings is 1. The minimum absolute atomic E-state index is 0.174. The molecular formula is C60H83N7O. The fourth-order valence-corrected chi connectivity index (χ4v) is 9.00. The highest BCUT2D eigenvalue weighted by atomic mass is 16.3. The van der Waals surface area contributed by atoms with Crippen molar-refractivity contribution < 1.29 is 5.11 Å². The summed E-state index contributed by atoms with van der Waals surface area (Å²) in [4.78, 5) is 19.8. The molecule has 3 aromatic carbocycles. The molecule has 2 aliphatic heterocycles. The van der Waals surface area contributed by atoms with E-state index in [0.717, 1.165) is 143 Å². The lowest BCUT2D eigenvalue weighted by atomic mass is 9.94. The van der Waals surface area contributed by atoms with E-state index in [4.69, 9.17) is 15.7 Å². The highest BCUT2D eigenvalue weighted by Crippen LogP contribution is 2.30. The van der Waals surface area contributed by atoms with Crippen LogP contribution in [0.4, 0.5) is 5.82 Å². The zero-order valence-corrected chi connectivity index (χ0v) is 42.7. The van der Waals surface area contributed by atoms with Crippen molar-refractivity contribution >= 4 is 17.5 Å². The van der Waals surface area contributed by atoms with Crippen molar-refractivity contribution in [1.29, 1.82) is 0 Å². The quantitative estimate of drug-likeness (QED) is 0.0486. The summed E-state index contributed by atoms with van der Waals surface area (Å²) in [6.07, 6.45) is 15.5. The van der Waals surface area contributed by atoms with Gasteiger partial charge in [-0.3, -0.25) is 9.80 Å². The summed E-state index contributed by atoms with van der Waals surface area (Å²) in [6, 6.07) is 27.8. The number of anilines is 1. The number of β-amino-alcohol motifs (C(OH)–C–C–N with tert-alkyl or cyclic N) is 1. The number of piperazine rings is 1. The van der Waals surface area contributed by atoms with Gasteiger partial charge in [-0.25, -0.2) is 9.97 Å². The van der Waals surface area contributed by atoms with E-state index in [1.54, 1.807) is 0 Å². The number of benzene rings is 3. The van der Waals surface area contributed by atoms with Gasteiger partial charge in [0.05, 0.1) is 12.3 Å². The van der Waals surface area contributed by atoms with Crippen molar-refractivity contribution in [3.8, 4) is 23.1 Å².